The summed E-state index contributed by atoms with van der Waals surface area (Å²) in [5, 5.41) is 9.62. The zero-order valence-electron chi connectivity index (χ0n) is 12.2. The molecule has 2 aliphatic rings. The number of aliphatic hydroxyl groups is 1. The average Bonchev–Trinajstić information content (AvgIpc) is 3.08. The van der Waals surface area contributed by atoms with E-state index in [2.05, 4.69) is 20.6 Å². The highest BCUT2D eigenvalue weighted by Gasteiger charge is 2.30. The van der Waals surface area contributed by atoms with E-state index < -0.39 is 0 Å². The second-order valence-corrected chi connectivity index (χ2v) is 6.39. The second-order valence-electron chi connectivity index (χ2n) is 6.39. The highest BCUT2D eigenvalue weighted by atomic mass is 16.3. The molecule has 4 heteroatoms. The Kier molecular flexibility index (Phi) is 3.26. The Morgan fingerprint density at radius 1 is 1.19 bits per heavy atom. The van der Waals surface area contributed by atoms with Crippen molar-refractivity contribution in [2.24, 2.45) is 5.92 Å². The van der Waals surface area contributed by atoms with Crippen molar-refractivity contribution in [2.75, 3.05) is 0 Å². The third kappa shape index (κ3) is 2.27. The molecule has 1 fully saturated rings. The molecule has 0 spiro atoms. The predicted molar refractivity (Wildman–Crippen MR) is 80.8 cm³/mol. The summed E-state index contributed by atoms with van der Waals surface area (Å²) in [5.41, 5.74) is 3.63. The highest BCUT2D eigenvalue weighted by molar-refractivity contribution is 5.66. The summed E-state index contributed by atoms with van der Waals surface area (Å²) >= 11 is 0. The van der Waals surface area contributed by atoms with Gasteiger partial charge in [-0.15, -0.1) is 0 Å². The van der Waals surface area contributed by atoms with Crippen molar-refractivity contribution < 1.29 is 5.11 Å². The van der Waals surface area contributed by atoms with Crippen LogP contribution in [0.2, 0.25) is 0 Å². The van der Waals surface area contributed by atoms with Gasteiger partial charge in [0.2, 0.25) is 0 Å². The molecule has 1 saturated carbocycles. The minimum atomic E-state index is -0.0598. The third-order valence-electron chi connectivity index (χ3n) is 5.10. The van der Waals surface area contributed by atoms with Gasteiger partial charge in [-0.1, -0.05) is 0 Å². The van der Waals surface area contributed by atoms with Crippen LogP contribution in [0, 0.1) is 5.92 Å². The SMILES string of the molecule is O[C@H]1CC[C@@H](CCC2c3ncccc3-c3cncn32)CC1. The summed E-state index contributed by atoms with van der Waals surface area (Å²) in [6, 6.07) is 4.49. The largest absolute Gasteiger partial charge is 0.393 e. The third-order valence-corrected chi connectivity index (χ3v) is 5.10. The molecular weight excluding hydrogens is 262 g/mol. The lowest BCUT2D eigenvalue weighted by Crippen LogP contribution is -2.19. The maximum Gasteiger partial charge on any atom is 0.0957 e. The molecule has 1 aliphatic heterocycles. The molecule has 0 amide bonds. The van der Waals surface area contributed by atoms with Gasteiger partial charge in [0.15, 0.2) is 0 Å². The van der Waals surface area contributed by atoms with E-state index in [1.54, 1.807) is 0 Å². The maximum absolute atomic E-state index is 9.62. The molecule has 110 valence electrons. The Bertz CT molecular complexity index is 628. The number of hydrogen-bond donors (Lipinski definition) is 1. The molecule has 0 saturated heterocycles. The summed E-state index contributed by atoms with van der Waals surface area (Å²) in [6.45, 7) is 0. The Morgan fingerprint density at radius 2 is 2.05 bits per heavy atom. The standard InChI is InChI=1S/C17H21N3O/c21-13-6-3-12(4-7-13)5-8-15-17-14(2-1-9-19-17)16-10-18-11-20(15)16/h1-2,9-13,15,21H,3-8H2/t12-,13+,15?. The van der Waals surface area contributed by atoms with Crippen LogP contribution in [0.15, 0.2) is 30.9 Å². The molecule has 3 heterocycles. The first-order valence-electron chi connectivity index (χ1n) is 7.98. The minimum Gasteiger partial charge on any atom is -0.393 e. The number of imidazole rings is 1. The molecule has 4 rings (SSSR count). The van der Waals surface area contributed by atoms with Crippen LogP contribution in [0.1, 0.15) is 50.3 Å². The van der Waals surface area contributed by atoms with Crippen molar-refractivity contribution in [3.8, 4) is 11.3 Å². The van der Waals surface area contributed by atoms with Crippen LogP contribution in [-0.4, -0.2) is 25.7 Å². The summed E-state index contributed by atoms with van der Waals surface area (Å²) in [7, 11) is 0. The van der Waals surface area contributed by atoms with E-state index in [4.69, 9.17) is 0 Å². The van der Waals surface area contributed by atoms with Crippen molar-refractivity contribution in [2.45, 2.75) is 50.7 Å². The van der Waals surface area contributed by atoms with Gasteiger partial charge in [-0.2, -0.15) is 0 Å². The van der Waals surface area contributed by atoms with Crippen molar-refractivity contribution in [1.29, 1.82) is 0 Å². The van der Waals surface area contributed by atoms with Gasteiger partial charge in [0.1, 0.15) is 0 Å². The van der Waals surface area contributed by atoms with Gasteiger partial charge in [-0.25, -0.2) is 4.98 Å². The van der Waals surface area contributed by atoms with Gasteiger partial charge in [0.25, 0.3) is 0 Å². The van der Waals surface area contributed by atoms with E-state index in [1.807, 2.05) is 24.8 Å². The molecule has 2 aromatic heterocycles. The van der Waals surface area contributed by atoms with Gasteiger partial charge in [-0.05, 0) is 56.6 Å². The molecule has 2 aromatic rings. The average molecular weight is 283 g/mol. The van der Waals surface area contributed by atoms with E-state index >= 15 is 0 Å². The summed E-state index contributed by atoms with van der Waals surface area (Å²) < 4.78 is 2.27. The van der Waals surface area contributed by atoms with Crippen LogP contribution >= 0.6 is 0 Å². The Balaban J connectivity index is 1.51. The zero-order valence-corrected chi connectivity index (χ0v) is 12.2. The molecule has 1 N–H and O–H groups in total. The van der Waals surface area contributed by atoms with Crippen LogP contribution in [0.5, 0.6) is 0 Å². The number of hydrogen-bond acceptors (Lipinski definition) is 3. The van der Waals surface area contributed by atoms with E-state index in [0.29, 0.717) is 6.04 Å². The Hall–Kier alpha value is -1.68. The van der Waals surface area contributed by atoms with Crippen molar-refractivity contribution >= 4 is 0 Å². The summed E-state index contributed by atoms with van der Waals surface area (Å²) in [5.74, 6) is 0.758. The van der Waals surface area contributed by atoms with Crippen LogP contribution < -0.4 is 0 Å². The van der Waals surface area contributed by atoms with Crippen molar-refractivity contribution in [3.05, 3.63) is 36.5 Å². The number of pyridine rings is 1. The van der Waals surface area contributed by atoms with E-state index in [9.17, 15) is 5.11 Å². The van der Waals surface area contributed by atoms with E-state index in [-0.39, 0.29) is 6.10 Å². The van der Waals surface area contributed by atoms with E-state index in [0.717, 1.165) is 25.2 Å². The molecule has 1 aliphatic carbocycles. The molecule has 4 nitrogen and oxygen atoms in total. The molecule has 21 heavy (non-hydrogen) atoms. The molecule has 0 aromatic carbocycles. The Morgan fingerprint density at radius 3 is 2.90 bits per heavy atom. The number of fused-ring (bicyclic) bond motifs is 3. The van der Waals surface area contributed by atoms with E-state index in [1.165, 1.54) is 36.2 Å². The minimum absolute atomic E-state index is 0.0598. The molecule has 1 atom stereocenters. The quantitative estimate of drug-likeness (QED) is 0.941. The van der Waals surface area contributed by atoms with Crippen LogP contribution in [0.4, 0.5) is 0 Å². The van der Waals surface area contributed by atoms with Gasteiger partial charge in [0, 0.05) is 11.8 Å². The fourth-order valence-electron chi connectivity index (χ4n) is 3.90. The van der Waals surface area contributed by atoms with Crippen molar-refractivity contribution in [1.82, 2.24) is 14.5 Å². The van der Waals surface area contributed by atoms with Crippen LogP contribution in [0.3, 0.4) is 0 Å². The van der Waals surface area contributed by atoms with Crippen LogP contribution in [0.25, 0.3) is 11.3 Å². The molecule has 1 unspecified atom stereocenters. The van der Waals surface area contributed by atoms with Gasteiger partial charge in [-0.3, -0.25) is 4.98 Å². The fourth-order valence-corrected chi connectivity index (χ4v) is 3.90. The fraction of sp³-hybridized carbons (Fsp3) is 0.529. The van der Waals surface area contributed by atoms with Gasteiger partial charge < -0.3 is 9.67 Å². The molecular formula is C17H21N3O. The summed E-state index contributed by atoms with van der Waals surface area (Å²) in [4.78, 5) is 8.91. The number of aromatic nitrogens is 3. The molecule has 0 radical (unpaired) electrons. The molecule has 0 bridgehead atoms. The first-order valence-corrected chi connectivity index (χ1v) is 7.98. The second kappa shape index (κ2) is 5.26. The highest BCUT2D eigenvalue weighted by Crippen LogP contribution is 2.41. The van der Waals surface area contributed by atoms with Gasteiger partial charge in [0.05, 0.1) is 36.1 Å². The lowest BCUT2D eigenvalue weighted by Gasteiger charge is -2.26. The van der Waals surface area contributed by atoms with Crippen LogP contribution in [-0.2, 0) is 0 Å². The summed E-state index contributed by atoms with van der Waals surface area (Å²) in [6.07, 6.45) is 12.3. The smallest absolute Gasteiger partial charge is 0.0957 e. The topological polar surface area (TPSA) is 50.9 Å². The monoisotopic (exact) mass is 283 g/mol. The normalized spacial score (nSPS) is 27.4. The number of nitrogens with zero attached hydrogens (tertiary/aromatic N) is 3. The van der Waals surface area contributed by atoms with Crippen molar-refractivity contribution in [3.63, 3.8) is 0 Å². The first kappa shape index (κ1) is 13.0. The lowest BCUT2D eigenvalue weighted by molar-refractivity contribution is 0.105. The first-order chi connectivity index (χ1) is 10.3. The number of rotatable bonds is 3. The Labute approximate surface area is 124 Å². The predicted octanol–water partition coefficient (Wildman–Crippen LogP) is 3.18. The van der Waals surface area contributed by atoms with Gasteiger partial charge >= 0.3 is 0 Å². The maximum atomic E-state index is 9.62. The number of aliphatic hydroxyl groups excluding tert-OH is 1. The zero-order chi connectivity index (χ0) is 14.2. The lowest BCUT2D eigenvalue weighted by atomic mass is 9.83.